The van der Waals surface area contributed by atoms with Gasteiger partial charge in [-0.25, -0.2) is 13.3 Å². The van der Waals surface area contributed by atoms with Gasteiger partial charge >= 0.3 is 0 Å². The summed E-state index contributed by atoms with van der Waals surface area (Å²) < 4.78 is 38.7. The number of imide groups is 1. The summed E-state index contributed by atoms with van der Waals surface area (Å²) in [6, 6.07) is 8.29. The predicted molar refractivity (Wildman–Crippen MR) is 137 cm³/mol. The predicted octanol–water partition coefficient (Wildman–Crippen LogP) is 4.09. The van der Waals surface area contributed by atoms with Gasteiger partial charge in [-0.1, -0.05) is 18.7 Å². The third kappa shape index (κ3) is 4.39. The SMILES string of the molecule is C=C(C)NS(=O)(=O)Cc1ccc(N2C(=O)c3c(c(OCC)c4ncccc4c3OCC)C2=O)c(C)c1. The first kappa shape index (κ1) is 25.2. The van der Waals surface area contributed by atoms with E-state index in [0.29, 0.717) is 33.4 Å². The van der Waals surface area contributed by atoms with Crippen LogP contribution in [0.15, 0.2) is 48.8 Å². The van der Waals surface area contributed by atoms with Crippen molar-refractivity contribution < 1.29 is 27.5 Å². The van der Waals surface area contributed by atoms with Crippen LogP contribution in [0.2, 0.25) is 0 Å². The fourth-order valence-corrected chi connectivity index (χ4v) is 5.57. The maximum Gasteiger partial charge on any atom is 0.270 e. The van der Waals surface area contributed by atoms with E-state index in [1.54, 1.807) is 64.2 Å². The largest absolute Gasteiger partial charge is 0.492 e. The van der Waals surface area contributed by atoms with Gasteiger partial charge in [0.05, 0.1) is 30.2 Å². The summed E-state index contributed by atoms with van der Waals surface area (Å²) in [5.41, 5.74) is 2.39. The zero-order valence-corrected chi connectivity index (χ0v) is 21.4. The number of rotatable bonds is 9. The molecule has 3 aromatic rings. The van der Waals surface area contributed by atoms with E-state index in [1.165, 1.54) is 0 Å². The highest BCUT2D eigenvalue weighted by Crippen LogP contribution is 2.45. The topological polar surface area (TPSA) is 115 Å². The molecule has 9 nitrogen and oxygen atoms in total. The van der Waals surface area contributed by atoms with Gasteiger partial charge < -0.3 is 9.47 Å². The monoisotopic (exact) mass is 509 g/mol. The molecule has 0 bridgehead atoms. The quantitative estimate of drug-likeness (QED) is 0.432. The molecule has 0 spiro atoms. The Balaban J connectivity index is 1.83. The molecule has 0 aliphatic carbocycles. The number of pyridine rings is 1. The van der Waals surface area contributed by atoms with E-state index in [4.69, 9.17) is 9.47 Å². The summed E-state index contributed by atoms with van der Waals surface area (Å²) in [5.74, 6) is -0.856. The molecule has 0 atom stereocenters. The van der Waals surface area contributed by atoms with E-state index in [9.17, 15) is 18.0 Å². The van der Waals surface area contributed by atoms with E-state index in [0.717, 1.165) is 4.90 Å². The number of anilines is 1. The number of ether oxygens (including phenoxy) is 2. The number of hydrogen-bond acceptors (Lipinski definition) is 7. The highest BCUT2D eigenvalue weighted by atomic mass is 32.2. The van der Waals surface area contributed by atoms with Crippen molar-refractivity contribution in [2.75, 3.05) is 18.1 Å². The minimum atomic E-state index is -3.63. The van der Waals surface area contributed by atoms with Crippen molar-refractivity contribution in [2.45, 2.75) is 33.4 Å². The van der Waals surface area contributed by atoms with Crippen molar-refractivity contribution in [2.24, 2.45) is 0 Å². The summed E-state index contributed by atoms with van der Waals surface area (Å²) in [4.78, 5) is 32.9. The number of nitrogens with zero attached hydrogens (tertiary/aromatic N) is 2. The zero-order valence-electron chi connectivity index (χ0n) is 20.5. The smallest absolute Gasteiger partial charge is 0.270 e. The molecule has 4 rings (SSSR count). The van der Waals surface area contributed by atoms with Crippen molar-refractivity contribution in [1.82, 2.24) is 9.71 Å². The molecular formula is C26H27N3O6S. The van der Waals surface area contributed by atoms with E-state index in [2.05, 4.69) is 16.3 Å². The van der Waals surface area contributed by atoms with E-state index in [-0.39, 0.29) is 41.6 Å². The minimum Gasteiger partial charge on any atom is -0.492 e. The van der Waals surface area contributed by atoms with Crippen LogP contribution in [-0.4, -0.2) is 38.4 Å². The number of carbonyl (C=O) groups excluding carboxylic acids is 2. The lowest BCUT2D eigenvalue weighted by molar-refractivity contribution is 0.0924. The maximum atomic E-state index is 13.7. The van der Waals surface area contributed by atoms with Crippen LogP contribution in [0, 0.1) is 6.92 Å². The molecule has 1 aromatic heterocycles. The van der Waals surface area contributed by atoms with Crippen LogP contribution in [0.25, 0.3) is 10.9 Å². The summed E-state index contributed by atoms with van der Waals surface area (Å²) in [6.45, 7) is 11.0. The standard InChI is InChI=1S/C26H27N3O6S/c1-6-34-23-18-9-8-12-27-22(18)24(35-7-2)21-20(23)25(30)29(26(21)31)19-11-10-17(13-16(19)5)14-36(32,33)28-15(3)4/h8-13,28H,3,6-7,14H2,1-2,4-5H3. The average Bonchev–Trinajstić information content (AvgIpc) is 3.05. The summed E-state index contributed by atoms with van der Waals surface area (Å²) in [7, 11) is -3.63. The lowest BCUT2D eigenvalue weighted by Crippen LogP contribution is -2.30. The molecular weight excluding hydrogens is 482 g/mol. The van der Waals surface area contributed by atoms with Gasteiger partial charge in [0.1, 0.15) is 16.8 Å². The second-order valence-electron chi connectivity index (χ2n) is 8.38. The van der Waals surface area contributed by atoms with Crippen molar-refractivity contribution >= 4 is 38.4 Å². The third-order valence-corrected chi connectivity index (χ3v) is 6.94. The van der Waals surface area contributed by atoms with Crippen LogP contribution in [-0.2, 0) is 15.8 Å². The normalized spacial score (nSPS) is 13.2. The Kier molecular flexibility index (Phi) is 6.73. The molecule has 0 unspecified atom stereocenters. The molecule has 0 radical (unpaired) electrons. The van der Waals surface area contributed by atoms with Gasteiger partial charge in [0.25, 0.3) is 11.8 Å². The van der Waals surface area contributed by atoms with Gasteiger partial charge in [0.15, 0.2) is 5.75 Å². The minimum absolute atomic E-state index is 0.105. The average molecular weight is 510 g/mol. The van der Waals surface area contributed by atoms with Crippen molar-refractivity contribution in [1.29, 1.82) is 0 Å². The molecule has 2 amide bonds. The van der Waals surface area contributed by atoms with Crippen LogP contribution >= 0.6 is 0 Å². The summed E-state index contributed by atoms with van der Waals surface area (Å²) >= 11 is 0. The second kappa shape index (κ2) is 9.62. The number of amides is 2. The molecule has 1 aliphatic rings. The van der Waals surface area contributed by atoms with Crippen LogP contribution in [0.3, 0.4) is 0 Å². The van der Waals surface area contributed by atoms with Gasteiger partial charge in [-0.3, -0.25) is 19.3 Å². The number of hydrogen-bond donors (Lipinski definition) is 1. The summed E-state index contributed by atoms with van der Waals surface area (Å²) in [5, 5.41) is 0.576. The van der Waals surface area contributed by atoms with Gasteiger partial charge in [0, 0.05) is 17.3 Å². The van der Waals surface area contributed by atoms with Gasteiger partial charge in [-0.2, -0.15) is 0 Å². The van der Waals surface area contributed by atoms with Gasteiger partial charge in [-0.15, -0.1) is 0 Å². The Labute approximate surface area is 209 Å². The number of benzene rings is 2. The highest BCUT2D eigenvalue weighted by molar-refractivity contribution is 7.88. The first-order valence-corrected chi connectivity index (χ1v) is 13.1. The number of aryl methyl sites for hydroxylation is 1. The molecule has 0 saturated carbocycles. The number of aromatic nitrogens is 1. The Morgan fingerprint density at radius 2 is 1.69 bits per heavy atom. The Morgan fingerprint density at radius 3 is 2.31 bits per heavy atom. The number of fused-ring (bicyclic) bond motifs is 2. The fourth-order valence-electron chi connectivity index (χ4n) is 4.35. The Morgan fingerprint density at radius 1 is 1.06 bits per heavy atom. The fraction of sp³-hybridized carbons (Fsp3) is 0.269. The lowest BCUT2D eigenvalue weighted by atomic mass is 10.0. The number of sulfonamides is 1. The van der Waals surface area contributed by atoms with Gasteiger partial charge in [0.2, 0.25) is 10.0 Å². The van der Waals surface area contributed by atoms with Crippen LogP contribution in [0.1, 0.15) is 52.6 Å². The van der Waals surface area contributed by atoms with Crippen LogP contribution in [0.4, 0.5) is 5.69 Å². The molecule has 10 heteroatoms. The maximum absolute atomic E-state index is 13.7. The molecule has 0 fully saturated rings. The first-order chi connectivity index (χ1) is 17.1. The molecule has 36 heavy (non-hydrogen) atoms. The molecule has 1 N–H and O–H groups in total. The van der Waals surface area contributed by atoms with E-state index in [1.807, 2.05) is 0 Å². The molecule has 2 aromatic carbocycles. The van der Waals surface area contributed by atoms with E-state index >= 15 is 0 Å². The lowest BCUT2D eigenvalue weighted by Gasteiger charge is -2.18. The number of carbonyl (C=O) groups is 2. The second-order valence-corrected chi connectivity index (χ2v) is 10.1. The Bertz CT molecular complexity index is 1450. The summed E-state index contributed by atoms with van der Waals surface area (Å²) in [6.07, 6.45) is 1.59. The van der Waals surface area contributed by atoms with Crippen LogP contribution < -0.4 is 19.1 Å². The zero-order chi connectivity index (χ0) is 26.2. The van der Waals surface area contributed by atoms with E-state index < -0.39 is 21.8 Å². The molecule has 2 heterocycles. The van der Waals surface area contributed by atoms with Crippen LogP contribution in [0.5, 0.6) is 11.5 Å². The van der Waals surface area contributed by atoms with Crippen molar-refractivity contribution in [3.8, 4) is 11.5 Å². The number of nitrogens with one attached hydrogen (secondary N) is 1. The van der Waals surface area contributed by atoms with Crippen molar-refractivity contribution in [3.05, 3.63) is 71.1 Å². The first-order valence-electron chi connectivity index (χ1n) is 11.4. The highest BCUT2D eigenvalue weighted by Gasteiger charge is 2.44. The molecule has 188 valence electrons. The van der Waals surface area contributed by atoms with Crippen molar-refractivity contribution in [3.63, 3.8) is 0 Å². The third-order valence-electron chi connectivity index (χ3n) is 5.57. The molecule has 0 saturated heterocycles. The van der Waals surface area contributed by atoms with Gasteiger partial charge in [-0.05, 0) is 57.0 Å². The Hall–Kier alpha value is -3.92. The molecule has 1 aliphatic heterocycles. The number of allylic oxidation sites excluding steroid dienone is 1.